The molecule has 0 aliphatic heterocycles. The number of hydrogen-bond acceptors (Lipinski definition) is 3. The van der Waals surface area contributed by atoms with Gasteiger partial charge in [0.1, 0.15) is 24.1 Å². The van der Waals surface area contributed by atoms with E-state index in [0.29, 0.717) is 0 Å². The van der Waals surface area contributed by atoms with Gasteiger partial charge in [-0.1, -0.05) is 0 Å². The molecule has 1 aromatic carbocycles. The fourth-order valence-electron chi connectivity index (χ4n) is 0.916. The zero-order chi connectivity index (χ0) is 10.6. The van der Waals surface area contributed by atoms with Crippen LogP contribution in [-0.4, -0.2) is 13.2 Å². The van der Waals surface area contributed by atoms with Crippen LogP contribution in [0.5, 0.6) is 5.75 Å². The number of hydrogen-bond donors (Lipinski definition) is 1. The maximum Gasteiger partial charge on any atom is 0.185 e. The van der Waals surface area contributed by atoms with Crippen LogP contribution < -0.4 is 10.5 Å². The zero-order valence-corrected chi connectivity index (χ0v) is 7.26. The SMILES string of the molecule is N#Cc1c(F)ccc(OCCN)c1F. The molecule has 0 spiro atoms. The smallest absolute Gasteiger partial charge is 0.185 e. The molecule has 3 nitrogen and oxygen atoms in total. The van der Waals surface area contributed by atoms with E-state index < -0.39 is 17.2 Å². The summed E-state index contributed by atoms with van der Waals surface area (Å²) in [6.45, 7) is 0.339. The topological polar surface area (TPSA) is 59.0 Å². The van der Waals surface area contributed by atoms with Crippen LogP contribution in [0, 0.1) is 23.0 Å². The van der Waals surface area contributed by atoms with E-state index >= 15 is 0 Å². The Morgan fingerprint density at radius 1 is 1.43 bits per heavy atom. The van der Waals surface area contributed by atoms with E-state index in [2.05, 4.69) is 0 Å². The van der Waals surface area contributed by atoms with Crippen LogP contribution in [0.2, 0.25) is 0 Å². The maximum absolute atomic E-state index is 13.2. The predicted molar refractivity (Wildman–Crippen MR) is 45.6 cm³/mol. The third kappa shape index (κ3) is 1.98. The minimum Gasteiger partial charge on any atom is -0.489 e. The van der Waals surface area contributed by atoms with Crippen LogP contribution in [0.4, 0.5) is 8.78 Å². The summed E-state index contributed by atoms with van der Waals surface area (Å²) in [5.41, 5.74) is 4.50. The first-order valence-electron chi connectivity index (χ1n) is 3.91. The zero-order valence-electron chi connectivity index (χ0n) is 7.26. The van der Waals surface area contributed by atoms with E-state index in [1.54, 1.807) is 0 Å². The molecule has 14 heavy (non-hydrogen) atoms. The van der Waals surface area contributed by atoms with Crippen LogP contribution in [0.3, 0.4) is 0 Å². The van der Waals surface area contributed by atoms with E-state index in [4.69, 9.17) is 15.7 Å². The first-order valence-corrected chi connectivity index (χ1v) is 3.91. The van der Waals surface area contributed by atoms with Gasteiger partial charge in [-0.25, -0.2) is 8.78 Å². The highest BCUT2D eigenvalue weighted by molar-refractivity contribution is 5.39. The summed E-state index contributed by atoms with van der Waals surface area (Å²) in [7, 11) is 0. The molecule has 1 aromatic rings. The Labute approximate surface area is 79.7 Å². The van der Waals surface area contributed by atoms with Gasteiger partial charge in [-0.15, -0.1) is 0 Å². The second-order valence-corrected chi connectivity index (χ2v) is 2.48. The molecule has 0 atom stereocenters. The predicted octanol–water partition coefficient (Wildman–Crippen LogP) is 1.17. The molecular formula is C9H8F2N2O. The second kappa shape index (κ2) is 4.53. The third-order valence-electron chi connectivity index (χ3n) is 1.54. The molecule has 0 amide bonds. The first kappa shape index (κ1) is 10.4. The maximum atomic E-state index is 13.2. The van der Waals surface area contributed by atoms with Crippen molar-refractivity contribution in [3.05, 3.63) is 29.3 Å². The Morgan fingerprint density at radius 2 is 2.14 bits per heavy atom. The van der Waals surface area contributed by atoms with E-state index in [1.165, 1.54) is 6.07 Å². The van der Waals surface area contributed by atoms with Crippen molar-refractivity contribution < 1.29 is 13.5 Å². The van der Waals surface area contributed by atoms with Gasteiger partial charge in [-0.3, -0.25) is 0 Å². The van der Waals surface area contributed by atoms with E-state index in [9.17, 15) is 8.78 Å². The van der Waals surface area contributed by atoms with Crippen molar-refractivity contribution in [1.82, 2.24) is 0 Å². The van der Waals surface area contributed by atoms with Crippen LogP contribution in [0.15, 0.2) is 12.1 Å². The first-order chi connectivity index (χ1) is 6.70. The highest BCUT2D eigenvalue weighted by Crippen LogP contribution is 2.22. The van der Waals surface area contributed by atoms with Crippen LogP contribution in [-0.2, 0) is 0 Å². The van der Waals surface area contributed by atoms with E-state index in [-0.39, 0.29) is 18.9 Å². The number of halogens is 2. The number of benzene rings is 1. The van der Waals surface area contributed by atoms with Gasteiger partial charge < -0.3 is 10.5 Å². The Hall–Kier alpha value is -1.67. The summed E-state index contributed by atoms with van der Waals surface area (Å²) in [6, 6.07) is 3.52. The Kier molecular flexibility index (Phi) is 3.37. The molecule has 0 unspecified atom stereocenters. The molecular weight excluding hydrogens is 190 g/mol. The molecule has 5 heteroatoms. The molecule has 0 aliphatic carbocycles. The van der Waals surface area contributed by atoms with Gasteiger partial charge in [0.25, 0.3) is 0 Å². The van der Waals surface area contributed by atoms with Gasteiger partial charge in [0.05, 0.1) is 0 Å². The average Bonchev–Trinajstić information content (AvgIpc) is 2.18. The summed E-state index contributed by atoms with van der Waals surface area (Å²) in [4.78, 5) is 0. The molecule has 0 saturated carbocycles. The van der Waals surface area contributed by atoms with E-state index in [0.717, 1.165) is 12.1 Å². The number of ether oxygens (including phenoxy) is 1. The molecule has 0 fully saturated rings. The fourth-order valence-corrected chi connectivity index (χ4v) is 0.916. The summed E-state index contributed by atoms with van der Waals surface area (Å²) < 4.78 is 30.9. The summed E-state index contributed by atoms with van der Waals surface area (Å²) in [6.07, 6.45) is 0. The molecule has 0 radical (unpaired) electrons. The van der Waals surface area contributed by atoms with Gasteiger partial charge in [0.15, 0.2) is 11.6 Å². The van der Waals surface area contributed by atoms with Gasteiger partial charge in [-0.05, 0) is 12.1 Å². The number of nitrogens with two attached hydrogens (primary N) is 1. The highest BCUT2D eigenvalue weighted by atomic mass is 19.1. The molecule has 0 aromatic heterocycles. The van der Waals surface area contributed by atoms with Crippen molar-refractivity contribution in [1.29, 1.82) is 5.26 Å². The van der Waals surface area contributed by atoms with Gasteiger partial charge in [-0.2, -0.15) is 5.26 Å². The lowest BCUT2D eigenvalue weighted by atomic mass is 10.2. The lowest BCUT2D eigenvalue weighted by Gasteiger charge is -2.06. The lowest BCUT2D eigenvalue weighted by Crippen LogP contribution is -2.11. The molecule has 74 valence electrons. The Balaban J connectivity index is 3.04. The molecule has 0 aliphatic rings. The summed E-state index contributed by atoms with van der Waals surface area (Å²) in [5.74, 6) is -2.04. The molecule has 2 N–H and O–H groups in total. The second-order valence-electron chi connectivity index (χ2n) is 2.48. The number of nitriles is 1. The number of rotatable bonds is 3. The van der Waals surface area contributed by atoms with Crippen molar-refractivity contribution in [2.75, 3.05) is 13.2 Å². The molecule has 0 heterocycles. The minimum atomic E-state index is -0.985. The van der Waals surface area contributed by atoms with Crippen LogP contribution >= 0.6 is 0 Å². The quantitative estimate of drug-likeness (QED) is 0.793. The standard InChI is InChI=1S/C9H8F2N2O/c10-7-1-2-8(14-4-3-12)9(11)6(7)5-13/h1-2H,3-4,12H2. The lowest BCUT2D eigenvalue weighted by molar-refractivity contribution is 0.309. The van der Waals surface area contributed by atoms with Gasteiger partial charge >= 0.3 is 0 Å². The Bertz CT molecular complexity index is 374. The fraction of sp³-hybridized carbons (Fsp3) is 0.222. The average molecular weight is 198 g/mol. The highest BCUT2D eigenvalue weighted by Gasteiger charge is 2.13. The molecule has 0 saturated heterocycles. The molecule has 1 rings (SSSR count). The normalized spacial score (nSPS) is 9.57. The third-order valence-corrected chi connectivity index (χ3v) is 1.54. The van der Waals surface area contributed by atoms with Crippen LogP contribution in [0.25, 0.3) is 0 Å². The van der Waals surface area contributed by atoms with Crippen molar-refractivity contribution in [3.8, 4) is 11.8 Å². The van der Waals surface area contributed by atoms with Crippen molar-refractivity contribution in [2.45, 2.75) is 0 Å². The largest absolute Gasteiger partial charge is 0.489 e. The summed E-state index contributed by atoms with van der Waals surface area (Å²) >= 11 is 0. The summed E-state index contributed by atoms with van der Waals surface area (Å²) in [5, 5.41) is 8.44. The van der Waals surface area contributed by atoms with Crippen molar-refractivity contribution in [3.63, 3.8) is 0 Å². The molecule has 0 bridgehead atoms. The number of nitrogens with zero attached hydrogens (tertiary/aromatic N) is 1. The monoisotopic (exact) mass is 198 g/mol. The minimum absolute atomic E-state index is 0.118. The van der Waals surface area contributed by atoms with Crippen LogP contribution in [0.1, 0.15) is 5.56 Å². The van der Waals surface area contributed by atoms with Crippen molar-refractivity contribution >= 4 is 0 Å². The van der Waals surface area contributed by atoms with Gasteiger partial charge in [0, 0.05) is 6.54 Å². The van der Waals surface area contributed by atoms with Crippen molar-refractivity contribution in [2.24, 2.45) is 5.73 Å². The van der Waals surface area contributed by atoms with E-state index in [1.807, 2.05) is 0 Å². The van der Waals surface area contributed by atoms with Gasteiger partial charge in [0.2, 0.25) is 0 Å². The Morgan fingerprint density at radius 3 is 2.71 bits per heavy atom.